The second-order valence-electron chi connectivity index (χ2n) is 9.02. The van der Waals surface area contributed by atoms with Crippen LogP contribution in [0.25, 0.3) is 0 Å². The molecule has 1 heterocycles. The molecular formula is C31H32N4O2. The summed E-state index contributed by atoms with van der Waals surface area (Å²) in [5, 5.41) is 3.05. The topological polar surface area (TPSA) is 75.2 Å². The number of hydrogen-bond donors (Lipinski definition) is 1. The number of rotatable bonds is 11. The van der Waals surface area contributed by atoms with E-state index in [-0.39, 0.29) is 36.4 Å². The Bertz CT molecular complexity index is 1220. The van der Waals surface area contributed by atoms with Crippen LogP contribution < -0.4 is 5.32 Å². The highest BCUT2D eigenvalue weighted by Crippen LogP contribution is 2.27. The molecule has 0 saturated carbocycles. The molecule has 0 fully saturated rings. The Labute approximate surface area is 218 Å². The van der Waals surface area contributed by atoms with E-state index in [0.29, 0.717) is 13.1 Å². The quantitative estimate of drug-likeness (QED) is 0.314. The molecule has 0 atom stereocenters. The van der Waals surface area contributed by atoms with Crippen molar-refractivity contribution in [2.45, 2.75) is 32.2 Å². The van der Waals surface area contributed by atoms with Crippen LogP contribution in [0.4, 0.5) is 0 Å². The van der Waals surface area contributed by atoms with Crippen molar-refractivity contribution in [3.8, 4) is 0 Å². The van der Waals surface area contributed by atoms with Gasteiger partial charge >= 0.3 is 0 Å². The summed E-state index contributed by atoms with van der Waals surface area (Å²) in [6.45, 7) is 3.05. The van der Waals surface area contributed by atoms with Gasteiger partial charge in [-0.3, -0.25) is 14.6 Å². The van der Waals surface area contributed by atoms with Gasteiger partial charge in [0, 0.05) is 38.2 Å². The van der Waals surface area contributed by atoms with Crippen LogP contribution >= 0.6 is 0 Å². The molecule has 6 heteroatoms. The highest BCUT2D eigenvalue weighted by atomic mass is 16.2. The Hall–Kier alpha value is -4.32. The van der Waals surface area contributed by atoms with Gasteiger partial charge < -0.3 is 10.2 Å². The molecule has 3 aromatic carbocycles. The Kier molecular flexibility index (Phi) is 9.13. The van der Waals surface area contributed by atoms with Crippen LogP contribution in [-0.2, 0) is 11.3 Å². The van der Waals surface area contributed by atoms with E-state index in [4.69, 9.17) is 0 Å². The highest BCUT2D eigenvalue weighted by Gasteiger charge is 2.19. The summed E-state index contributed by atoms with van der Waals surface area (Å²) < 4.78 is 0. The van der Waals surface area contributed by atoms with Gasteiger partial charge in [-0.25, -0.2) is 4.98 Å². The van der Waals surface area contributed by atoms with Crippen LogP contribution in [0, 0.1) is 6.92 Å². The van der Waals surface area contributed by atoms with Crippen molar-refractivity contribution in [3.63, 3.8) is 0 Å². The fourth-order valence-electron chi connectivity index (χ4n) is 4.30. The molecule has 0 spiro atoms. The zero-order valence-electron chi connectivity index (χ0n) is 21.1. The smallest absolute Gasteiger partial charge is 0.274 e. The SMILES string of the molecule is Cc1cnc(C(=O)N(CCC(=O)NCCC(c2ccccc2)c2ccccc2)Cc2ccccc2)cn1. The normalized spacial score (nSPS) is 10.8. The first-order chi connectivity index (χ1) is 18.1. The van der Waals surface area contributed by atoms with E-state index in [2.05, 4.69) is 39.6 Å². The van der Waals surface area contributed by atoms with Gasteiger partial charge in [0.2, 0.25) is 5.91 Å². The van der Waals surface area contributed by atoms with Crippen molar-refractivity contribution < 1.29 is 9.59 Å². The van der Waals surface area contributed by atoms with Crippen molar-refractivity contribution in [3.05, 3.63) is 131 Å². The van der Waals surface area contributed by atoms with Crippen LogP contribution in [0.2, 0.25) is 0 Å². The van der Waals surface area contributed by atoms with Gasteiger partial charge in [-0.2, -0.15) is 0 Å². The third-order valence-electron chi connectivity index (χ3n) is 6.27. The summed E-state index contributed by atoms with van der Waals surface area (Å²) in [5.74, 6) is -0.128. The number of nitrogens with zero attached hydrogens (tertiary/aromatic N) is 3. The van der Waals surface area contributed by atoms with E-state index >= 15 is 0 Å². The summed E-state index contributed by atoms with van der Waals surface area (Å²) >= 11 is 0. The average molecular weight is 493 g/mol. The number of carbonyl (C=O) groups is 2. The lowest BCUT2D eigenvalue weighted by molar-refractivity contribution is -0.121. The summed E-state index contributed by atoms with van der Waals surface area (Å²) in [4.78, 5) is 36.1. The Morgan fingerprint density at radius 3 is 1.97 bits per heavy atom. The predicted octanol–water partition coefficient (Wildman–Crippen LogP) is 5.16. The number of aromatic nitrogens is 2. The molecule has 0 bridgehead atoms. The van der Waals surface area contributed by atoms with Gasteiger partial charge in [0.05, 0.1) is 11.9 Å². The second kappa shape index (κ2) is 13.1. The molecule has 4 aromatic rings. The summed E-state index contributed by atoms with van der Waals surface area (Å²) in [5.41, 5.74) is 4.46. The van der Waals surface area contributed by atoms with Gasteiger partial charge in [-0.05, 0) is 30.0 Å². The summed E-state index contributed by atoms with van der Waals surface area (Å²) in [6, 6.07) is 30.4. The van der Waals surface area contributed by atoms with E-state index in [1.54, 1.807) is 11.1 Å². The molecule has 6 nitrogen and oxygen atoms in total. The van der Waals surface area contributed by atoms with E-state index in [0.717, 1.165) is 17.7 Å². The largest absolute Gasteiger partial charge is 0.356 e. The van der Waals surface area contributed by atoms with Gasteiger partial charge in [0.25, 0.3) is 5.91 Å². The summed E-state index contributed by atoms with van der Waals surface area (Å²) in [6.07, 6.45) is 4.06. The molecule has 0 aliphatic carbocycles. The number of aryl methyl sites for hydroxylation is 1. The fraction of sp³-hybridized carbons (Fsp3) is 0.226. The lowest BCUT2D eigenvalue weighted by atomic mass is 9.88. The number of benzene rings is 3. The average Bonchev–Trinajstić information content (AvgIpc) is 2.95. The van der Waals surface area contributed by atoms with E-state index in [1.165, 1.54) is 17.3 Å². The Balaban J connectivity index is 1.36. The lowest BCUT2D eigenvalue weighted by Crippen LogP contribution is -2.35. The van der Waals surface area contributed by atoms with E-state index < -0.39 is 0 Å². The molecule has 1 aromatic heterocycles. The van der Waals surface area contributed by atoms with Crippen LogP contribution in [0.5, 0.6) is 0 Å². The minimum Gasteiger partial charge on any atom is -0.356 e. The molecule has 2 amide bonds. The first kappa shape index (κ1) is 25.8. The van der Waals surface area contributed by atoms with Crippen LogP contribution in [0.1, 0.15) is 51.6 Å². The molecule has 0 aliphatic heterocycles. The van der Waals surface area contributed by atoms with Crippen molar-refractivity contribution in [2.75, 3.05) is 13.1 Å². The minimum absolute atomic E-state index is 0.0827. The van der Waals surface area contributed by atoms with Gasteiger partial charge in [-0.15, -0.1) is 0 Å². The zero-order valence-corrected chi connectivity index (χ0v) is 21.1. The molecular weight excluding hydrogens is 460 g/mol. The summed E-state index contributed by atoms with van der Waals surface area (Å²) in [7, 11) is 0. The third kappa shape index (κ3) is 7.58. The van der Waals surface area contributed by atoms with E-state index in [9.17, 15) is 9.59 Å². The van der Waals surface area contributed by atoms with Crippen molar-refractivity contribution in [1.82, 2.24) is 20.2 Å². The molecule has 0 unspecified atom stereocenters. The fourth-order valence-corrected chi connectivity index (χ4v) is 4.30. The first-order valence-corrected chi connectivity index (χ1v) is 12.6. The van der Waals surface area contributed by atoms with Crippen molar-refractivity contribution in [2.24, 2.45) is 0 Å². The molecule has 37 heavy (non-hydrogen) atoms. The number of hydrogen-bond acceptors (Lipinski definition) is 4. The van der Waals surface area contributed by atoms with Crippen LogP contribution in [-0.4, -0.2) is 39.8 Å². The van der Waals surface area contributed by atoms with Crippen LogP contribution in [0.3, 0.4) is 0 Å². The molecule has 4 rings (SSSR count). The highest BCUT2D eigenvalue weighted by molar-refractivity contribution is 5.92. The maximum absolute atomic E-state index is 13.2. The third-order valence-corrected chi connectivity index (χ3v) is 6.27. The zero-order chi connectivity index (χ0) is 25.9. The van der Waals surface area contributed by atoms with Crippen molar-refractivity contribution >= 4 is 11.8 Å². The molecule has 188 valence electrons. The number of amides is 2. The maximum atomic E-state index is 13.2. The number of nitrogens with one attached hydrogen (secondary N) is 1. The molecule has 0 radical (unpaired) electrons. The lowest BCUT2D eigenvalue weighted by Gasteiger charge is -2.22. The van der Waals surface area contributed by atoms with Gasteiger partial charge in [-0.1, -0.05) is 91.0 Å². The maximum Gasteiger partial charge on any atom is 0.274 e. The standard InChI is InChI=1S/C31H32N4O2/c1-24-21-34-29(22-33-24)31(37)35(23-25-11-5-2-6-12-25)20-18-30(36)32-19-17-28(26-13-7-3-8-14-26)27-15-9-4-10-16-27/h2-16,21-22,28H,17-20,23H2,1H3,(H,32,36). The van der Waals surface area contributed by atoms with Crippen LogP contribution in [0.15, 0.2) is 103 Å². The molecule has 0 saturated heterocycles. The molecule has 1 N–H and O–H groups in total. The second-order valence-corrected chi connectivity index (χ2v) is 9.02. The Morgan fingerprint density at radius 2 is 1.41 bits per heavy atom. The molecule has 0 aliphatic rings. The minimum atomic E-state index is -0.239. The first-order valence-electron chi connectivity index (χ1n) is 12.6. The van der Waals surface area contributed by atoms with Crippen molar-refractivity contribution in [1.29, 1.82) is 0 Å². The predicted molar refractivity (Wildman–Crippen MR) is 145 cm³/mol. The van der Waals surface area contributed by atoms with E-state index in [1.807, 2.05) is 73.7 Å². The Morgan fingerprint density at radius 1 is 0.811 bits per heavy atom. The van der Waals surface area contributed by atoms with Gasteiger partial charge in [0.15, 0.2) is 0 Å². The van der Waals surface area contributed by atoms with Gasteiger partial charge in [0.1, 0.15) is 5.69 Å². The number of carbonyl (C=O) groups excluding carboxylic acids is 2. The monoisotopic (exact) mass is 492 g/mol.